The molecule has 0 atom stereocenters. The highest BCUT2D eigenvalue weighted by atomic mass is 32.1. The Bertz CT molecular complexity index is 1190. The molecule has 5 heterocycles. The summed E-state index contributed by atoms with van der Waals surface area (Å²) in [4.78, 5) is 28.0. The maximum Gasteiger partial charge on any atom is 0.219 e. The third-order valence-electron chi connectivity index (χ3n) is 5.25. The van der Waals surface area contributed by atoms with Crippen LogP contribution in [0, 0.1) is 0 Å². The average molecular weight is 449 g/mol. The molecule has 10 heteroatoms. The fourth-order valence-corrected chi connectivity index (χ4v) is 4.93. The Hall–Kier alpha value is -3.21. The summed E-state index contributed by atoms with van der Waals surface area (Å²) in [5, 5.41) is 0. The Labute approximate surface area is 189 Å². The van der Waals surface area contributed by atoms with Crippen LogP contribution in [0.4, 0.5) is 11.8 Å². The second-order valence-corrected chi connectivity index (χ2v) is 8.90. The number of rotatable bonds is 6. The van der Waals surface area contributed by atoms with Crippen molar-refractivity contribution in [2.75, 3.05) is 44.0 Å². The minimum atomic E-state index is 0.234. The van der Waals surface area contributed by atoms with Crippen molar-refractivity contribution in [1.82, 2.24) is 29.8 Å². The summed E-state index contributed by atoms with van der Waals surface area (Å²) in [5.74, 6) is 1.78. The van der Waals surface area contributed by atoms with E-state index in [0.29, 0.717) is 19.0 Å². The van der Waals surface area contributed by atoms with Crippen LogP contribution in [0.3, 0.4) is 0 Å². The summed E-state index contributed by atoms with van der Waals surface area (Å²) in [5.41, 5.74) is 8.53. The van der Waals surface area contributed by atoms with Crippen LogP contribution >= 0.6 is 11.3 Å². The second-order valence-electron chi connectivity index (χ2n) is 7.76. The van der Waals surface area contributed by atoms with Gasteiger partial charge in [0.25, 0.3) is 0 Å². The Morgan fingerprint density at radius 1 is 1.12 bits per heavy atom. The second kappa shape index (κ2) is 9.11. The number of anilines is 2. The van der Waals surface area contributed by atoms with Gasteiger partial charge in [0.05, 0.1) is 29.0 Å². The molecule has 2 N–H and O–H groups in total. The molecule has 4 aromatic heterocycles. The molecular weight excluding hydrogens is 424 g/mol. The van der Waals surface area contributed by atoms with Crippen LogP contribution in [0.5, 0.6) is 0 Å². The molecule has 0 aromatic carbocycles. The lowest BCUT2D eigenvalue weighted by atomic mass is 10.2. The Morgan fingerprint density at radius 2 is 1.94 bits per heavy atom. The van der Waals surface area contributed by atoms with E-state index in [4.69, 9.17) is 20.4 Å². The van der Waals surface area contributed by atoms with Crippen molar-refractivity contribution in [2.24, 2.45) is 0 Å². The van der Waals surface area contributed by atoms with Gasteiger partial charge < -0.3 is 15.4 Å². The van der Waals surface area contributed by atoms with Gasteiger partial charge in [-0.2, -0.15) is 0 Å². The van der Waals surface area contributed by atoms with Gasteiger partial charge in [-0.1, -0.05) is 6.07 Å². The zero-order chi connectivity index (χ0) is 21.9. The van der Waals surface area contributed by atoms with Crippen molar-refractivity contribution in [3.63, 3.8) is 0 Å². The number of thiophene rings is 1. The van der Waals surface area contributed by atoms with Crippen LogP contribution in [0.15, 0.2) is 43.0 Å². The first-order valence-electron chi connectivity index (χ1n) is 10.4. The molecule has 9 nitrogen and oxygen atoms in total. The van der Waals surface area contributed by atoms with E-state index in [1.54, 1.807) is 29.9 Å². The number of morpholine rings is 1. The number of nitrogen functional groups attached to an aromatic ring is 1. The van der Waals surface area contributed by atoms with Crippen molar-refractivity contribution in [3.05, 3.63) is 53.4 Å². The lowest BCUT2D eigenvalue weighted by Gasteiger charge is -2.28. The molecular formula is C22H24N8OS. The van der Waals surface area contributed by atoms with Crippen LogP contribution in [-0.2, 0) is 17.8 Å². The van der Waals surface area contributed by atoms with Crippen LogP contribution in [-0.4, -0.2) is 63.2 Å². The summed E-state index contributed by atoms with van der Waals surface area (Å²) >= 11 is 1.75. The molecule has 0 aliphatic carbocycles. The molecule has 0 amide bonds. The molecule has 0 bridgehead atoms. The van der Waals surface area contributed by atoms with Gasteiger partial charge in [-0.3, -0.25) is 9.88 Å². The molecule has 1 aliphatic heterocycles. The Balaban J connectivity index is 1.48. The molecule has 0 spiro atoms. The first-order valence-corrected chi connectivity index (χ1v) is 11.3. The third kappa shape index (κ3) is 4.52. The highest BCUT2D eigenvalue weighted by Crippen LogP contribution is 2.34. The Kier molecular flexibility index (Phi) is 5.89. The third-order valence-corrected chi connectivity index (χ3v) is 6.35. The molecule has 164 valence electrons. The first kappa shape index (κ1) is 20.7. The van der Waals surface area contributed by atoms with Gasteiger partial charge in [-0.25, -0.2) is 19.9 Å². The van der Waals surface area contributed by atoms with E-state index < -0.39 is 0 Å². The molecule has 1 saturated heterocycles. The predicted molar refractivity (Wildman–Crippen MR) is 125 cm³/mol. The highest BCUT2D eigenvalue weighted by Gasteiger charge is 2.20. The summed E-state index contributed by atoms with van der Waals surface area (Å²) in [6.07, 6.45) is 7.04. The van der Waals surface area contributed by atoms with E-state index in [2.05, 4.69) is 43.9 Å². The summed E-state index contributed by atoms with van der Waals surface area (Å²) < 4.78 is 6.64. The number of nitrogens with zero attached hydrogens (tertiary/aromatic N) is 7. The van der Waals surface area contributed by atoms with Crippen molar-refractivity contribution in [3.8, 4) is 11.4 Å². The summed E-state index contributed by atoms with van der Waals surface area (Å²) in [7, 11) is 2.11. The molecule has 5 rings (SSSR count). The number of fused-ring (bicyclic) bond motifs is 1. The van der Waals surface area contributed by atoms with Gasteiger partial charge in [0, 0.05) is 55.8 Å². The van der Waals surface area contributed by atoms with Gasteiger partial charge in [0.15, 0.2) is 11.6 Å². The van der Waals surface area contributed by atoms with E-state index in [0.717, 1.165) is 47.8 Å². The van der Waals surface area contributed by atoms with E-state index in [-0.39, 0.29) is 5.95 Å². The van der Waals surface area contributed by atoms with Crippen molar-refractivity contribution in [2.45, 2.75) is 13.1 Å². The van der Waals surface area contributed by atoms with Crippen LogP contribution in [0.25, 0.3) is 21.6 Å². The lowest BCUT2D eigenvalue weighted by molar-refractivity contribution is 0.122. The molecule has 4 aromatic rings. The number of hydrogen-bond acceptors (Lipinski definition) is 10. The summed E-state index contributed by atoms with van der Waals surface area (Å²) in [6.45, 7) is 4.64. The maximum absolute atomic E-state index is 5.65. The zero-order valence-corrected chi connectivity index (χ0v) is 18.6. The topological polar surface area (TPSA) is 106 Å². The molecule has 0 radical (unpaired) electrons. The highest BCUT2D eigenvalue weighted by molar-refractivity contribution is 7.19. The van der Waals surface area contributed by atoms with Crippen LogP contribution in [0.1, 0.15) is 10.4 Å². The number of ether oxygens (including phenoxy) is 1. The molecule has 0 unspecified atom stereocenters. The zero-order valence-electron chi connectivity index (χ0n) is 17.8. The summed E-state index contributed by atoms with van der Waals surface area (Å²) in [6, 6.07) is 6.22. The standard InChI is InChI=1S/C22H24N8OS/c1-29(13-15-3-2-4-24-10-15)14-17-9-18-19(32-17)21(30-5-7-31-8-6-30)28-20(27-18)16-11-25-22(23)26-12-16/h2-4,9-12H,5-8,13-14H2,1H3,(H2,23,25,26). The van der Waals surface area contributed by atoms with E-state index in [1.165, 1.54) is 10.4 Å². The predicted octanol–water partition coefficient (Wildman–Crippen LogP) is 2.59. The van der Waals surface area contributed by atoms with Crippen molar-refractivity contribution < 1.29 is 4.74 Å². The maximum atomic E-state index is 5.65. The van der Waals surface area contributed by atoms with Gasteiger partial charge in [0.1, 0.15) is 0 Å². The lowest BCUT2D eigenvalue weighted by Crippen LogP contribution is -2.36. The number of hydrogen-bond donors (Lipinski definition) is 1. The molecule has 0 saturated carbocycles. The monoisotopic (exact) mass is 448 g/mol. The quantitative estimate of drug-likeness (QED) is 0.476. The van der Waals surface area contributed by atoms with Gasteiger partial charge >= 0.3 is 0 Å². The van der Waals surface area contributed by atoms with E-state index in [1.807, 2.05) is 12.3 Å². The van der Waals surface area contributed by atoms with Gasteiger partial charge in [-0.05, 0) is 24.7 Å². The SMILES string of the molecule is CN(Cc1cccnc1)Cc1cc2nc(-c3cnc(N)nc3)nc(N3CCOCC3)c2s1. The first-order chi connectivity index (χ1) is 15.7. The fourth-order valence-electron chi connectivity index (χ4n) is 3.74. The fraction of sp³-hybridized carbons (Fsp3) is 0.318. The van der Waals surface area contributed by atoms with Crippen molar-refractivity contribution >= 4 is 33.3 Å². The molecule has 1 aliphatic rings. The minimum Gasteiger partial charge on any atom is -0.378 e. The average Bonchev–Trinajstić information content (AvgIpc) is 3.22. The van der Waals surface area contributed by atoms with Crippen LogP contribution in [0.2, 0.25) is 0 Å². The molecule has 32 heavy (non-hydrogen) atoms. The van der Waals surface area contributed by atoms with E-state index in [9.17, 15) is 0 Å². The van der Waals surface area contributed by atoms with Gasteiger partial charge in [-0.15, -0.1) is 11.3 Å². The van der Waals surface area contributed by atoms with E-state index >= 15 is 0 Å². The molecule has 1 fully saturated rings. The number of pyridine rings is 1. The number of nitrogens with two attached hydrogens (primary N) is 1. The number of aromatic nitrogens is 5. The van der Waals surface area contributed by atoms with Crippen molar-refractivity contribution in [1.29, 1.82) is 0 Å². The smallest absolute Gasteiger partial charge is 0.219 e. The normalized spacial score (nSPS) is 14.4. The van der Waals surface area contributed by atoms with Crippen LogP contribution < -0.4 is 10.6 Å². The Morgan fingerprint density at radius 3 is 2.69 bits per heavy atom. The largest absolute Gasteiger partial charge is 0.378 e. The minimum absolute atomic E-state index is 0.234. The van der Waals surface area contributed by atoms with Gasteiger partial charge in [0.2, 0.25) is 5.95 Å².